The molecule has 134 valence electrons. The van der Waals surface area contributed by atoms with Crippen molar-refractivity contribution in [2.24, 2.45) is 15.8 Å². The van der Waals surface area contributed by atoms with Crippen LogP contribution in [0, 0.1) is 0 Å². The van der Waals surface area contributed by atoms with Gasteiger partial charge in [0.2, 0.25) is 5.96 Å². The number of hydrogen-bond acceptors (Lipinski definition) is 5. The Labute approximate surface area is 171 Å². The van der Waals surface area contributed by atoms with E-state index in [1.807, 2.05) is 49.4 Å². The average molecular weight is 426 g/mol. The molecule has 3 N–H and O–H groups in total. The number of allylic oxidation sites excluding steroid dienone is 1. The molecule has 0 aliphatic carbocycles. The lowest BCUT2D eigenvalue weighted by Crippen LogP contribution is -2.31. The lowest BCUT2D eigenvalue weighted by molar-refractivity contribution is 0.971. The van der Waals surface area contributed by atoms with Crippen LogP contribution in [0.3, 0.4) is 0 Å². The zero-order valence-corrected chi connectivity index (χ0v) is 16.8. The highest BCUT2D eigenvalue weighted by atomic mass is 35.5. The van der Waals surface area contributed by atoms with Gasteiger partial charge < -0.3 is 5.73 Å². The maximum absolute atomic E-state index is 6.45. The number of thioether (sulfide) groups is 1. The van der Waals surface area contributed by atoms with Crippen LogP contribution in [0.1, 0.15) is 17.7 Å². The Morgan fingerprint density at radius 2 is 1.77 bits per heavy atom. The van der Waals surface area contributed by atoms with Gasteiger partial charge in [-0.1, -0.05) is 40.9 Å². The molecule has 1 aliphatic rings. The van der Waals surface area contributed by atoms with Gasteiger partial charge in [-0.05, 0) is 55.0 Å². The molecular weight excluding hydrogens is 411 g/mol. The van der Waals surface area contributed by atoms with Gasteiger partial charge in [0.25, 0.3) is 0 Å². The first kappa shape index (κ1) is 19.1. The predicted octanol–water partition coefficient (Wildman–Crippen LogP) is 5.66. The van der Waals surface area contributed by atoms with Crippen molar-refractivity contribution in [3.05, 3.63) is 74.9 Å². The van der Waals surface area contributed by atoms with Gasteiger partial charge in [0.1, 0.15) is 0 Å². The molecule has 0 bridgehead atoms. The fourth-order valence-electron chi connectivity index (χ4n) is 2.31. The van der Waals surface area contributed by atoms with Gasteiger partial charge in [-0.2, -0.15) is 5.10 Å². The van der Waals surface area contributed by atoms with E-state index in [4.69, 9.17) is 40.5 Å². The summed E-state index contributed by atoms with van der Waals surface area (Å²) in [5, 5.41) is 5.90. The minimum atomic E-state index is -0.115. The number of nitrogens with zero attached hydrogens (tertiary/aromatic N) is 2. The third-order valence-corrected chi connectivity index (χ3v) is 5.61. The summed E-state index contributed by atoms with van der Waals surface area (Å²) in [6.07, 6.45) is 1.99. The van der Waals surface area contributed by atoms with Crippen LogP contribution in [-0.2, 0) is 0 Å². The van der Waals surface area contributed by atoms with E-state index >= 15 is 0 Å². The summed E-state index contributed by atoms with van der Waals surface area (Å²) < 4.78 is 0. The Bertz CT molecular complexity index is 907. The molecule has 1 atom stereocenters. The van der Waals surface area contributed by atoms with Crippen molar-refractivity contribution < 1.29 is 0 Å². The first-order chi connectivity index (χ1) is 12.4. The normalized spacial score (nSPS) is 16.7. The lowest BCUT2D eigenvalue weighted by Gasteiger charge is -2.18. The van der Waals surface area contributed by atoms with E-state index in [2.05, 4.69) is 15.5 Å². The number of benzene rings is 2. The second kappa shape index (κ2) is 8.35. The van der Waals surface area contributed by atoms with Crippen LogP contribution in [0.2, 0.25) is 15.1 Å². The molecule has 0 aromatic heterocycles. The third-order valence-electron chi connectivity index (χ3n) is 3.60. The molecule has 1 unspecified atom stereocenters. The topological polar surface area (TPSA) is 62.8 Å². The van der Waals surface area contributed by atoms with Gasteiger partial charge in [-0.25, -0.2) is 10.4 Å². The quantitative estimate of drug-likeness (QED) is 0.621. The van der Waals surface area contributed by atoms with Crippen molar-refractivity contribution in [2.45, 2.75) is 17.1 Å². The van der Waals surface area contributed by atoms with Crippen LogP contribution in [0.15, 0.2) is 69.2 Å². The van der Waals surface area contributed by atoms with Crippen molar-refractivity contribution in [1.82, 2.24) is 5.43 Å². The second-order valence-electron chi connectivity index (χ2n) is 5.52. The zero-order valence-electron chi connectivity index (χ0n) is 13.7. The van der Waals surface area contributed by atoms with E-state index in [0.29, 0.717) is 20.8 Å². The monoisotopic (exact) mass is 424 g/mol. The summed E-state index contributed by atoms with van der Waals surface area (Å²) in [4.78, 5) is 5.39. The van der Waals surface area contributed by atoms with Crippen molar-refractivity contribution in [3.8, 4) is 0 Å². The molecule has 2 aromatic carbocycles. The average Bonchev–Trinajstić information content (AvgIpc) is 2.59. The Morgan fingerprint density at radius 3 is 2.46 bits per heavy atom. The summed E-state index contributed by atoms with van der Waals surface area (Å²) in [5.41, 5.74) is 10.8. The minimum absolute atomic E-state index is 0.115. The van der Waals surface area contributed by atoms with Crippen molar-refractivity contribution in [3.63, 3.8) is 0 Å². The lowest BCUT2D eigenvalue weighted by atomic mass is 10.1. The fraction of sp³-hybridized carbons (Fsp3) is 0.111. The number of halogens is 3. The van der Waals surface area contributed by atoms with Crippen molar-refractivity contribution in [2.75, 3.05) is 0 Å². The first-order valence-corrected chi connectivity index (χ1v) is 9.67. The highest BCUT2D eigenvalue weighted by molar-refractivity contribution is 7.99. The van der Waals surface area contributed by atoms with E-state index in [1.165, 1.54) is 0 Å². The van der Waals surface area contributed by atoms with Gasteiger partial charge in [-0.15, -0.1) is 11.8 Å². The van der Waals surface area contributed by atoms with E-state index in [1.54, 1.807) is 17.8 Å². The maximum Gasteiger partial charge on any atom is 0.214 e. The number of hydrazone groups is 1. The molecule has 0 amide bonds. The Hall–Kier alpha value is -1.66. The van der Waals surface area contributed by atoms with Gasteiger partial charge >= 0.3 is 0 Å². The molecular formula is C18H15Cl3N4S. The van der Waals surface area contributed by atoms with E-state index in [9.17, 15) is 0 Å². The van der Waals surface area contributed by atoms with Gasteiger partial charge in [0.15, 0.2) is 0 Å². The van der Waals surface area contributed by atoms with Gasteiger partial charge in [0.05, 0.1) is 16.7 Å². The van der Waals surface area contributed by atoms with Gasteiger partial charge in [0, 0.05) is 20.0 Å². The number of guanidine groups is 1. The number of hydrogen-bond donors (Lipinski definition) is 2. The SMILES string of the molecule is CC1=NNC(N)=NC1=CC(Sc1ccc(Cl)cc1)c1ccc(Cl)cc1Cl. The summed E-state index contributed by atoms with van der Waals surface area (Å²) in [7, 11) is 0. The van der Waals surface area contributed by atoms with Gasteiger partial charge in [-0.3, -0.25) is 0 Å². The molecule has 4 nitrogen and oxygen atoms in total. The molecule has 1 heterocycles. The number of nitrogens with two attached hydrogens (primary N) is 1. The largest absolute Gasteiger partial charge is 0.368 e. The summed E-state index contributed by atoms with van der Waals surface area (Å²) in [5.74, 6) is 0.249. The van der Waals surface area contributed by atoms with Crippen LogP contribution in [0.25, 0.3) is 0 Å². The number of aliphatic imine (C=N–C) groups is 1. The van der Waals surface area contributed by atoms with E-state index in [0.717, 1.165) is 16.2 Å². The minimum Gasteiger partial charge on any atom is -0.368 e. The molecule has 0 saturated carbocycles. The third kappa shape index (κ3) is 4.74. The van der Waals surface area contributed by atoms with Crippen LogP contribution < -0.4 is 11.2 Å². The summed E-state index contributed by atoms with van der Waals surface area (Å²) >= 11 is 20.1. The van der Waals surface area contributed by atoms with E-state index in [-0.39, 0.29) is 11.2 Å². The predicted molar refractivity (Wildman–Crippen MR) is 112 cm³/mol. The van der Waals surface area contributed by atoms with Crippen LogP contribution in [0.4, 0.5) is 0 Å². The van der Waals surface area contributed by atoms with Crippen LogP contribution in [0.5, 0.6) is 0 Å². The van der Waals surface area contributed by atoms with Crippen molar-refractivity contribution in [1.29, 1.82) is 0 Å². The molecule has 0 radical (unpaired) electrons. The first-order valence-electron chi connectivity index (χ1n) is 7.66. The highest BCUT2D eigenvalue weighted by Crippen LogP contribution is 2.41. The molecule has 3 rings (SSSR count). The standard InChI is InChI=1S/C18H15Cl3N4S/c1-10-16(23-18(22)25-24-10)9-17(14-7-4-12(20)8-15(14)21)26-13-5-2-11(19)3-6-13/h2-9,17H,1H3,(H3,22,23,25). The molecule has 26 heavy (non-hydrogen) atoms. The number of nitrogens with one attached hydrogen (secondary N) is 1. The molecule has 0 fully saturated rings. The van der Waals surface area contributed by atoms with Crippen LogP contribution in [-0.4, -0.2) is 11.7 Å². The summed E-state index contributed by atoms with van der Waals surface area (Å²) in [6.45, 7) is 1.86. The molecule has 8 heteroatoms. The van der Waals surface area contributed by atoms with Crippen LogP contribution >= 0.6 is 46.6 Å². The Balaban J connectivity index is 2.02. The fourth-order valence-corrected chi connectivity index (χ4v) is 4.15. The molecule has 2 aromatic rings. The highest BCUT2D eigenvalue weighted by Gasteiger charge is 2.18. The number of rotatable bonds is 4. The van der Waals surface area contributed by atoms with Crippen molar-refractivity contribution >= 4 is 58.2 Å². The van der Waals surface area contributed by atoms with E-state index < -0.39 is 0 Å². The Kier molecular flexibility index (Phi) is 6.14. The smallest absolute Gasteiger partial charge is 0.214 e. The molecule has 0 saturated heterocycles. The molecule has 0 spiro atoms. The molecule has 1 aliphatic heterocycles. The zero-order chi connectivity index (χ0) is 18.7. The second-order valence-corrected chi connectivity index (χ2v) is 8.01. The Morgan fingerprint density at radius 1 is 1.08 bits per heavy atom. The summed E-state index contributed by atoms with van der Waals surface area (Å²) in [6, 6.07) is 13.1. The maximum atomic E-state index is 6.45.